The molecule has 2 unspecified atom stereocenters. The van der Waals surface area contributed by atoms with Crippen LogP contribution in [0.25, 0.3) is 0 Å². The largest absolute Gasteiger partial charge is 0.491 e. The molecule has 0 aliphatic heterocycles. The lowest BCUT2D eigenvalue weighted by atomic mass is 9.86. The van der Waals surface area contributed by atoms with Crippen molar-refractivity contribution in [2.75, 3.05) is 13.2 Å². The summed E-state index contributed by atoms with van der Waals surface area (Å²) in [5.74, 6) is 1.63. The number of nitrogens with zero attached hydrogens (tertiary/aromatic N) is 3. The van der Waals surface area contributed by atoms with Crippen molar-refractivity contribution in [1.82, 2.24) is 19.9 Å². The highest BCUT2D eigenvalue weighted by molar-refractivity contribution is 5.15. The second-order valence-electron chi connectivity index (χ2n) is 6.58. The van der Waals surface area contributed by atoms with Gasteiger partial charge in [0.2, 0.25) is 0 Å². The van der Waals surface area contributed by atoms with Crippen molar-refractivity contribution in [3.8, 4) is 5.75 Å². The first kappa shape index (κ1) is 16.9. The van der Waals surface area contributed by atoms with E-state index in [4.69, 9.17) is 4.74 Å². The average Bonchev–Trinajstić information content (AvgIpc) is 3.11. The van der Waals surface area contributed by atoms with Crippen molar-refractivity contribution in [2.45, 2.75) is 31.6 Å². The van der Waals surface area contributed by atoms with E-state index < -0.39 is 12.2 Å². The first-order valence-corrected chi connectivity index (χ1v) is 8.14. The van der Waals surface area contributed by atoms with Gasteiger partial charge in [-0.05, 0) is 25.0 Å². The van der Waals surface area contributed by atoms with Crippen molar-refractivity contribution in [3.05, 3.63) is 42.7 Å². The van der Waals surface area contributed by atoms with E-state index >= 15 is 0 Å². The van der Waals surface area contributed by atoms with E-state index in [9.17, 15) is 10.2 Å². The van der Waals surface area contributed by atoms with Gasteiger partial charge in [-0.15, -0.1) is 0 Å². The number of hydrogen-bond acceptors (Lipinski definition) is 6. The topological polar surface area (TPSA) is 92.4 Å². The second kappa shape index (κ2) is 7.29. The van der Waals surface area contributed by atoms with Gasteiger partial charge in [-0.2, -0.15) is 0 Å². The summed E-state index contributed by atoms with van der Waals surface area (Å²) in [6.07, 6.45) is 6.61. The first-order valence-electron chi connectivity index (χ1n) is 8.14. The molecule has 0 saturated heterocycles. The third-order valence-electron chi connectivity index (χ3n) is 4.61. The molecule has 24 heavy (non-hydrogen) atoms. The Bertz CT molecular complexity index is 636. The lowest BCUT2D eigenvalue weighted by Crippen LogP contribution is -2.38. The highest BCUT2D eigenvalue weighted by Crippen LogP contribution is 2.38. The molecule has 3 rings (SSSR count). The molecule has 3 N–H and O–H groups in total. The Labute approximate surface area is 141 Å². The van der Waals surface area contributed by atoms with Gasteiger partial charge in [0.25, 0.3) is 0 Å². The quantitative estimate of drug-likeness (QED) is 0.683. The number of nitrogens with one attached hydrogen (secondary N) is 1. The number of hydrogen-bond donors (Lipinski definition) is 3. The lowest BCUT2D eigenvalue weighted by molar-refractivity contribution is 0.0438. The van der Waals surface area contributed by atoms with E-state index in [1.165, 1.54) is 0 Å². The Morgan fingerprint density at radius 3 is 2.75 bits per heavy atom. The van der Waals surface area contributed by atoms with Gasteiger partial charge in [0, 0.05) is 37.6 Å². The molecule has 1 aliphatic rings. The summed E-state index contributed by atoms with van der Waals surface area (Å²) in [4.78, 5) is 8.33. The molecule has 2 aromatic rings. The maximum absolute atomic E-state index is 10.00. The van der Waals surface area contributed by atoms with Gasteiger partial charge in [0.1, 0.15) is 11.6 Å². The van der Waals surface area contributed by atoms with Crippen LogP contribution in [0.5, 0.6) is 5.75 Å². The molecular formula is C17H24N4O3. The number of aliphatic hydroxyl groups is 2. The van der Waals surface area contributed by atoms with Crippen molar-refractivity contribution < 1.29 is 14.9 Å². The van der Waals surface area contributed by atoms with Crippen molar-refractivity contribution in [2.24, 2.45) is 12.5 Å². The molecule has 2 aromatic heterocycles. The van der Waals surface area contributed by atoms with Crippen molar-refractivity contribution >= 4 is 0 Å². The Morgan fingerprint density at radius 2 is 2.12 bits per heavy atom. The van der Waals surface area contributed by atoms with Gasteiger partial charge in [-0.3, -0.25) is 4.98 Å². The summed E-state index contributed by atoms with van der Waals surface area (Å²) in [6, 6.07) is 3.67. The van der Waals surface area contributed by atoms with Gasteiger partial charge in [0.15, 0.2) is 0 Å². The molecule has 130 valence electrons. The fourth-order valence-corrected chi connectivity index (χ4v) is 3.23. The Balaban J connectivity index is 1.61. The summed E-state index contributed by atoms with van der Waals surface area (Å²) in [5.41, 5.74) is -0.320. The fourth-order valence-electron chi connectivity index (χ4n) is 3.23. The molecule has 1 fully saturated rings. The SMILES string of the molecule is Cn1ccnc1CNCC1(COc2cccnc2)CC(O)C(O)C1. The molecule has 1 aliphatic carbocycles. The number of aryl methyl sites for hydroxylation is 1. The van der Waals surface area contributed by atoms with E-state index in [0.717, 1.165) is 5.82 Å². The summed E-state index contributed by atoms with van der Waals surface area (Å²) >= 11 is 0. The maximum atomic E-state index is 10.00. The van der Waals surface area contributed by atoms with Gasteiger partial charge < -0.3 is 24.8 Å². The number of rotatable bonds is 7. The normalized spacial score (nSPS) is 26.6. The van der Waals surface area contributed by atoms with Gasteiger partial charge in [-0.1, -0.05) is 0 Å². The molecule has 0 spiro atoms. The zero-order valence-corrected chi connectivity index (χ0v) is 13.8. The highest BCUT2D eigenvalue weighted by Gasteiger charge is 2.44. The predicted octanol–water partition coefficient (Wildman–Crippen LogP) is 0.486. The molecule has 1 saturated carbocycles. The van der Waals surface area contributed by atoms with Crippen LogP contribution < -0.4 is 10.1 Å². The maximum Gasteiger partial charge on any atom is 0.137 e. The minimum Gasteiger partial charge on any atom is -0.491 e. The number of ether oxygens (including phenoxy) is 1. The third-order valence-corrected chi connectivity index (χ3v) is 4.61. The summed E-state index contributed by atoms with van der Waals surface area (Å²) in [7, 11) is 1.95. The van der Waals surface area contributed by atoms with Crippen LogP contribution in [-0.2, 0) is 13.6 Å². The van der Waals surface area contributed by atoms with Gasteiger partial charge in [0.05, 0.1) is 31.6 Å². The van der Waals surface area contributed by atoms with Gasteiger partial charge >= 0.3 is 0 Å². The molecule has 0 amide bonds. The predicted molar refractivity (Wildman–Crippen MR) is 88.3 cm³/mol. The Hall–Kier alpha value is -1.96. The first-order chi connectivity index (χ1) is 11.6. The van der Waals surface area contributed by atoms with Crippen LogP contribution in [0.2, 0.25) is 0 Å². The number of pyridine rings is 1. The van der Waals surface area contributed by atoms with Gasteiger partial charge in [-0.25, -0.2) is 4.98 Å². The zero-order chi connectivity index (χ0) is 17.0. The van der Waals surface area contributed by atoms with E-state index in [1.54, 1.807) is 18.6 Å². The molecule has 7 nitrogen and oxygen atoms in total. The minimum absolute atomic E-state index is 0.320. The smallest absolute Gasteiger partial charge is 0.137 e. The van der Waals surface area contributed by atoms with Crippen LogP contribution >= 0.6 is 0 Å². The van der Waals surface area contributed by atoms with E-state index in [0.29, 0.717) is 38.3 Å². The second-order valence-corrected chi connectivity index (χ2v) is 6.58. The zero-order valence-electron chi connectivity index (χ0n) is 13.8. The third kappa shape index (κ3) is 3.92. The van der Waals surface area contributed by atoms with Crippen molar-refractivity contribution in [3.63, 3.8) is 0 Å². The fraction of sp³-hybridized carbons (Fsp3) is 0.529. The van der Waals surface area contributed by atoms with Crippen LogP contribution in [0.1, 0.15) is 18.7 Å². The molecule has 0 radical (unpaired) electrons. The van der Waals surface area contributed by atoms with E-state index in [2.05, 4.69) is 15.3 Å². The molecule has 2 heterocycles. The molecule has 0 bridgehead atoms. The summed E-state index contributed by atoms with van der Waals surface area (Å²) < 4.78 is 7.82. The Kier molecular flexibility index (Phi) is 5.13. The number of aromatic nitrogens is 3. The molecule has 7 heteroatoms. The monoisotopic (exact) mass is 332 g/mol. The van der Waals surface area contributed by atoms with E-state index in [1.807, 2.05) is 29.9 Å². The van der Waals surface area contributed by atoms with E-state index in [-0.39, 0.29) is 5.41 Å². The van der Waals surface area contributed by atoms with Crippen LogP contribution in [0, 0.1) is 5.41 Å². The van der Waals surface area contributed by atoms with Crippen LogP contribution in [0.15, 0.2) is 36.9 Å². The highest BCUT2D eigenvalue weighted by atomic mass is 16.5. The van der Waals surface area contributed by atoms with Crippen LogP contribution in [0.4, 0.5) is 0 Å². The standard InChI is InChI=1S/C17H24N4O3/c1-21-6-5-20-16(21)10-19-11-17(7-14(22)15(23)8-17)12-24-13-3-2-4-18-9-13/h2-6,9,14-15,19,22-23H,7-8,10-12H2,1H3. The minimum atomic E-state index is -0.711. The number of imidazole rings is 1. The number of aliphatic hydroxyl groups excluding tert-OH is 2. The van der Waals surface area contributed by atoms with Crippen LogP contribution in [-0.4, -0.2) is 50.1 Å². The van der Waals surface area contributed by atoms with Crippen LogP contribution in [0.3, 0.4) is 0 Å². The molecular weight excluding hydrogens is 308 g/mol. The summed E-state index contributed by atoms with van der Waals surface area (Å²) in [6.45, 7) is 1.68. The Morgan fingerprint density at radius 1 is 1.33 bits per heavy atom. The van der Waals surface area contributed by atoms with Crippen molar-refractivity contribution in [1.29, 1.82) is 0 Å². The summed E-state index contributed by atoms with van der Waals surface area (Å²) in [5, 5.41) is 23.4. The average molecular weight is 332 g/mol. The molecule has 2 atom stereocenters. The molecule has 0 aromatic carbocycles. The lowest BCUT2D eigenvalue weighted by Gasteiger charge is -2.29.